The lowest BCUT2D eigenvalue weighted by Crippen LogP contribution is -2.14. The molecule has 0 saturated heterocycles. The standard InChI is InChI=1S/C22H30BrNO/c1-4-5-16-24-17-15-19(3)8-6-7-18(2)9-14-22(25)20-10-12-21(23)13-11-20/h4,7,10-13,15,24H,1,5-6,8-9,14,16-17H2,2-3H3. The van der Waals surface area contributed by atoms with Crippen LogP contribution in [0.2, 0.25) is 0 Å². The average Bonchev–Trinajstić information content (AvgIpc) is 2.60. The first-order valence-corrected chi connectivity index (χ1v) is 9.74. The maximum Gasteiger partial charge on any atom is 0.163 e. The maximum absolute atomic E-state index is 12.2. The summed E-state index contributed by atoms with van der Waals surface area (Å²) in [7, 11) is 0. The normalized spacial score (nSPS) is 12.3. The molecule has 0 saturated carbocycles. The van der Waals surface area contributed by atoms with E-state index in [4.69, 9.17) is 0 Å². The Bertz CT molecular complexity index is 599. The minimum atomic E-state index is 0.210. The SMILES string of the molecule is C=CCCNCC=C(C)CCC=C(C)CCC(=O)c1ccc(Br)cc1. The number of hydrogen-bond donors (Lipinski definition) is 1. The van der Waals surface area contributed by atoms with E-state index in [1.807, 2.05) is 30.3 Å². The number of nitrogens with one attached hydrogen (secondary N) is 1. The van der Waals surface area contributed by atoms with Crippen molar-refractivity contribution in [2.24, 2.45) is 0 Å². The van der Waals surface area contributed by atoms with Gasteiger partial charge in [0.1, 0.15) is 0 Å². The van der Waals surface area contributed by atoms with Gasteiger partial charge in [0.15, 0.2) is 5.78 Å². The van der Waals surface area contributed by atoms with Gasteiger partial charge in [-0.05, 0) is 58.2 Å². The Morgan fingerprint density at radius 1 is 1.04 bits per heavy atom. The Morgan fingerprint density at radius 2 is 1.72 bits per heavy atom. The van der Waals surface area contributed by atoms with Gasteiger partial charge in [-0.1, -0.05) is 57.4 Å². The predicted molar refractivity (Wildman–Crippen MR) is 112 cm³/mol. The van der Waals surface area contributed by atoms with E-state index in [-0.39, 0.29) is 5.78 Å². The molecule has 0 aliphatic carbocycles. The van der Waals surface area contributed by atoms with Crippen LogP contribution in [0.5, 0.6) is 0 Å². The molecule has 0 heterocycles. The molecule has 1 aromatic carbocycles. The lowest BCUT2D eigenvalue weighted by atomic mass is 10.0. The first-order chi connectivity index (χ1) is 12.0. The quantitative estimate of drug-likeness (QED) is 0.253. The first-order valence-electron chi connectivity index (χ1n) is 8.94. The summed E-state index contributed by atoms with van der Waals surface area (Å²) in [5.74, 6) is 0.210. The molecule has 0 unspecified atom stereocenters. The first kappa shape index (κ1) is 21.6. The van der Waals surface area contributed by atoms with E-state index in [1.165, 1.54) is 11.1 Å². The van der Waals surface area contributed by atoms with Gasteiger partial charge in [0.2, 0.25) is 0 Å². The Morgan fingerprint density at radius 3 is 2.40 bits per heavy atom. The molecule has 3 heteroatoms. The summed E-state index contributed by atoms with van der Waals surface area (Å²) in [6.45, 7) is 9.91. The van der Waals surface area contributed by atoms with Crippen molar-refractivity contribution in [1.29, 1.82) is 0 Å². The van der Waals surface area contributed by atoms with Gasteiger partial charge in [-0.25, -0.2) is 0 Å². The molecule has 2 nitrogen and oxygen atoms in total. The third-order valence-electron chi connectivity index (χ3n) is 4.06. The molecule has 0 aliphatic heterocycles. The zero-order valence-electron chi connectivity index (χ0n) is 15.5. The molecule has 1 rings (SSSR count). The van der Waals surface area contributed by atoms with Gasteiger partial charge in [0, 0.05) is 23.0 Å². The van der Waals surface area contributed by atoms with Crippen LogP contribution >= 0.6 is 15.9 Å². The molecule has 0 aromatic heterocycles. The number of carbonyl (C=O) groups is 1. The zero-order valence-corrected chi connectivity index (χ0v) is 17.1. The summed E-state index contributed by atoms with van der Waals surface area (Å²) >= 11 is 3.39. The number of rotatable bonds is 12. The number of halogens is 1. The van der Waals surface area contributed by atoms with Crippen LogP contribution < -0.4 is 5.32 Å². The number of benzene rings is 1. The summed E-state index contributed by atoms with van der Waals surface area (Å²) in [4.78, 5) is 12.2. The molecule has 0 fully saturated rings. The largest absolute Gasteiger partial charge is 0.313 e. The molecule has 1 N–H and O–H groups in total. The number of carbonyl (C=O) groups excluding carboxylic acids is 1. The van der Waals surface area contributed by atoms with E-state index < -0.39 is 0 Å². The second-order valence-electron chi connectivity index (χ2n) is 6.35. The molecular weight excluding hydrogens is 374 g/mol. The Labute approximate surface area is 161 Å². The van der Waals surface area contributed by atoms with Gasteiger partial charge in [-0.3, -0.25) is 4.79 Å². The number of allylic oxidation sites excluding steroid dienone is 3. The van der Waals surface area contributed by atoms with Gasteiger partial charge in [0.25, 0.3) is 0 Å². The highest BCUT2D eigenvalue weighted by molar-refractivity contribution is 9.10. The third kappa shape index (κ3) is 10.2. The van der Waals surface area contributed by atoms with Crippen LogP contribution in [-0.4, -0.2) is 18.9 Å². The fraction of sp³-hybridized carbons (Fsp3) is 0.409. The fourth-order valence-corrected chi connectivity index (χ4v) is 2.66. The maximum atomic E-state index is 12.2. The van der Waals surface area contributed by atoms with Crippen LogP contribution in [0.4, 0.5) is 0 Å². The Balaban J connectivity index is 2.26. The van der Waals surface area contributed by atoms with Crippen molar-refractivity contribution in [3.63, 3.8) is 0 Å². The molecular formula is C22H30BrNO. The van der Waals surface area contributed by atoms with Crippen molar-refractivity contribution in [1.82, 2.24) is 5.32 Å². The van der Waals surface area contributed by atoms with Crippen LogP contribution in [0.15, 0.2) is 64.7 Å². The van der Waals surface area contributed by atoms with E-state index >= 15 is 0 Å². The number of Topliss-reactive ketones (excluding diaryl/α,β-unsaturated/α-hetero) is 1. The van der Waals surface area contributed by atoms with Crippen molar-refractivity contribution in [2.75, 3.05) is 13.1 Å². The van der Waals surface area contributed by atoms with Gasteiger partial charge < -0.3 is 5.32 Å². The predicted octanol–water partition coefficient (Wildman–Crippen LogP) is 6.25. The molecule has 25 heavy (non-hydrogen) atoms. The van der Waals surface area contributed by atoms with Crippen LogP contribution in [0.3, 0.4) is 0 Å². The fourth-order valence-electron chi connectivity index (χ4n) is 2.39. The molecule has 0 spiro atoms. The van der Waals surface area contributed by atoms with Crippen molar-refractivity contribution in [3.8, 4) is 0 Å². The van der Waals surface area contributed by atoms with Crippen molar-refractivity contribution < 1.29 is 4.79 Å². The van der Waals surface area contributed by atoms with Crippen molar-refractivity contribution in [2.45, 2.75) is 46.0 Å². The summed E-state index contributed by atoms with van der Waals surface area (Å²) in [5, 5.41) is 3.36. The Hall–Kier alpha value is -1.45. The Kier molecular flexibility index (Phi) is 11.1. The number of ketones is 1. The molecule has 136 valence electrons. The van der Waals surface area contributed by atoms with Gasteiger partial charge in [-0.15, -0.1) is 6.58 Å². The second kappa shape index (κ2) is 12.8. The summed E-state index contributed by atoms with van der Waals surface area (Å²) < 4.78 is 0.999. The smallest absolute Gasteiger partial charge is 0.163 e. The monoisotopic (exact) mass is 403 g/mol. The molecule has 0 radical (unpaired) electrons. The topological polar surface area (TPSA) is 29.1 Å². The van der Waals surface area contributed by atoms with E-state index in [2.05, 4.69) is 53.8 Å². The van der Waals surface area contributed by atoms with Crippen molar-refractivity contribution in [3.05, 3.63) is 70.3 Å². The molecule has 1 aromatic rings. The van der Waals surface area contributed by atoms with Gasteiger partial charge in [0.05, 0.1) is 0 Å². The van der Waals surface area contributed by atoms with Crippen LogP contribution in [0.25, 0.3) is 0 Å². The number of hydrogen-bond acceptors (Lipinski definition) is 2. The van der Waals surface area contributed by atoms with Crippen LogP contribution in [0.1, 0.15) is 56.3 Å². The zero-order chi connectivity index (χ0) is 18.5. The highest BCUT2D eigenvalue weighted by atomic mass is 79.9. The third-order valence-corrected chi connectivity index (χ3v) is 4.59. The molecule has 0 aliphatic rings. The summed E-state index contributed by atoms with van der Waals surface area (Å²) in [6.07, 6.45) is 11.0. The van der Waals surface area contributed by atoms with Gasteiger partial charge in [-0.2, -0.15) is 0 Å². The summed E-state index contributed by atoms with van der Waals surface area (Å²) in [5.41, 5.74) is 3.49. The molecule has 0 amide bonds. The lowest BCUT2D eigenvalue weighted by Gasteiger charge is -2.04. The lowest BCUT2D eigenvalue weighted by molar-refractivity contribution is 0.0982. The second-order valence-corrected chi connectivity index (χ2v) is 7.27. The molecule has 0 atom stereocenters. The van der Waals surface area contributed by atoms with E-state index in [1.54, 1.807) is 0 Å². The van der Waals surface area contributed by atoms with Crippen LogP contribution in [-0.2, 0) is 0 Å². The molecule has 0 bridgehead atoms. The van der Waals surface area contributed by atoms with E-state index in [9.17, 15) is 4.79 Å². The van der Waals surface area contributed by atoms with E-state index in [0.29, 0.717) is 6.42 Å². The highest BCUT2D eigenvalue weighted by Gasteiger charge is 2.05. The van der Waals surface area contributed by atoms with Crippen LogP contribution in [0, 0.1) is 0 Å². The highest BCUT2D eigenvalue weighted by Crippen LogP contribution is 2.15. The van der Waals surface area contributed by atoms with Crippen molar-refractivity contribution >= 4 is 21.7 Å². The minimum Gasteiger partial charge on any atom is -0.313 e. The summed E-state index contributed by atoms with van der Waals surface area (Å²) in [6, 6.07) is 7.58. The minimum absolute atomic E-state index is 0.210. The average molecular weight is 404 g/mol. The van der Waals surface area contributed by atoms with E-state index in [0.717, 1.165) is 48.8 Å². The van der Waals surface area contributed by atoms with Gasteiger partial charge >= 0.3 is 0 Å².